The number of ether oxygens (including phenoxy) is 1. The average Bonchev–Trinajstić information content (AvgIpc) is 3.38. The number of aromatic nitrogens is 2. The van der Waals surface area contributed by atoms with E-state index in [9.17, 15) is 14.9 Å². The Hall–Kier alpha value is -4.05. The van der Waals surface area contributed by atoms with E-state index in [0.29, 0.717) is 11.4 Å². The summed E-state index contributed by atoms with van der Waals surface area (Å²) in [5, 5.41) is 11.7. The molecule has 1 fully saturated rings. The zero-order valence-electron chi connectivity index (χ0n) is 16.6. The first kappa shape index (κ1) is 20.2. The van der Waals surface area contributed by atoms with E-state index < -0.39 is 10.8 Å². The number of hydrogen-bond donors (Lipinski definition) is 0. The Morgan fingerprint density at radius 3 is 2.55 bits per heavy atom. The summed E-state index contributed by atoms with van der Waals surface area (Å²) in [5.41, 5.74) is 1.84. The Morgan fingerprint density at radius 1 is 1.19 bits per heavy atom. The quantitative estimate of drug-likeness (QED) is 0.262. The first-order valence-corrected chi connectivity index (χ1v) is 9.56. The molecule has 10 heteroatoms. The monoisotopic (exact) mass is 435 g/mol. The minimum absolute atomic E-state index is 0.0894. The van der Waals surface area contributed by atoms with Gasteiger partial charge in [0.05, 0.1) is 24.4 Å². The third kappa shape index (κ3) is 3.64. The molecule has 1 aliphatic rings. The van der Waals surface area contributed by atoms with Crippen LogP contribution in [0.1, 0.15) is 5.56 Å². The van der Waals surface area contributed by atoms with Crippen molar-refractivity contribution in [3.8, 4) is 11.4 Å². The largest absolute Gasteiger partial charge is 0.496 e. The number of likely N-dealkylation sites (N-methyl/N-ethyl adjacent to an activating group) is 1. The van der Waals surface area contributed by atoms with E-state index >= 15 is 0 Å². The lowest BCUT2D eigenvalue weighted by molar-refractivity contribution is -0.384. The number of carbonyl (C=O) groups is 1. The first-order valence-electron chi connectivity index (χ1n) is 9.15. The van der Waals surface area contributed by atoms with E-state index in [1.54, 1.807) is 31.7 Å². The van der Waals surface area contributed by atoms with Crippen molar-refractivity contribution < 1.29 is 14.5 Å². The summed E-state index contributed by atoms with van der Waals surface area (Å²) in [5.74, 6) is -0.130. The van der Waals surface area contributed by atoms with Crippen LogP contribution in [0.2, 0.25) is 0 Å². The highest BCUT2D eigenvalue weighted by atomic mass is 32.1. The number of nitrogens with zero attached hydrogens (tertiary/aromatic N) is 5. The summed E-state index contributed by atoms with van der Waals surface area (Å²) in [6.07, 6.45) is 6.91. The molecule has 4 rings (SSSR count). The second-order valence-corrected chi connectivity index (χ2v) is 7.05. The average molecular weight is 435 g/mol. The number of nitro groups is 1. The molecule has 1 saturated heterocycles. The zero-order chi connectivity index (χ0) is 22.1. The summed E-state index contributed by atoms with van der Waals surface area (Å²) < 4.78 is 6.93. The highest BCUT2D eigenvalue weighted by Gasteiger charge is 2.40. The van der Waals surface area contributed by atoms with Gasteiger partial charge < -0.3 is 14.2 Å². The first-order chi connectivity index (χ1) is 14.9. The van der Waals surface area contributed by atoms with E-state index in [2.05, 4.69) is 4.98 Å². The van der Waals surface area contributed by atoms with Gasteiger partial charge in [-0.3, -0.25) is 14.9 Å². The standard InChI is InChI=1S/C21H17N5O4S/c1-23-19(11-14-3-5-15(6-4-14)24-10-9-22-13-24)20(27)25(21(23)31)17-8-7-16(30-2)12-18(17)26(28)29/h3-13H,1-2H3. The van der Waals surface area contributed by atoms with Crippen molar-refractivity contribution in [3.05, 3.63) is 82.6 Å². The summed E-state index contributed by atoms with van der Waals surface area (Å²) >= 11 is 5.42. The van der Waals surface area contributed by atoms with E-state index in [-0.39, 0.29) is 16.5 Å². The number of amides is 1. The van der Waals surface area contributed by atoms with Crippen LogP contribution >= 0.6 is 12.2 Å². The van der Waals surface area contributed by atoms with Crippen LogP contribution in [0.15, 0.2) is 66.9 Å². The topological polar surface area (TPSA) is 93.7 Å². The van der Waals surface area contributed by atoms with Gasteiger partial charge >= 0.3 is 0 Å². The van der Waals surface area contributed by atoms with E-state index in [1.807, 2.05) is 35.0 Å². The molecule has 1 aliphatic heterocycles. The maximum absolute atomic E-state index is 13.2. The number of imidazole rings is 1. The van der Waals surface area contributed by atoms with Crippen LogP contribution in [-0.2, 0) is 4.79 Å². The predicted molar refractivity (Wildman–Crippen MR) is 119 cm³/mol. The third-order valence-corrected chi connectivity index (χ3v) is 5.34. The molecule has 3 aromatic rings. The third-order valence-electron chi connectivity index (χ3n) is 4.88. The lowest BCUT2D eigenvalue weighted by Gasteiger charge is -2.16. The maximum Gasteiger partial charge on any atom is 0.297 e. The molecular formula is C21H17N5O4S. The van der Waals surface area contributed by atoms with Gasteiger partial charge in [-0.15, -0.1) is 0 Å². The van der Waals surface area contributed by atoms with Crippen LogP contribution in [-0.4, -0.2) is 44.6 Å². The summed E-state index contributed by atoms with van der Waals surface area (Å²) in [6.45, 7) is 0. The SMILES string of the molecule is COc1ccc(N2C(=O)C(=Cc3ccc(-n4ccnc4)cc3)N(C)C2=S)c([N+](=O)[O-])c1. The molecule has 156 valence electrons. The Balaban J connectivity index is 1.69. The summed E-state index contributed by atoms with van der Waals surface area (Å²) in [4.78, 5) is 30.9. The zero-order valence-corrected chi connectivity index (χ0v) is 17.4. The minimum atomic E-state index is -0.565. The van der Waals surface area contributed by atoms with Crippen molar-refractivity contribution in [2.24, 2.45) is 0 Å². The predicted octanol–water partition coefficient (Wildman–Crippen LogP) is 3.39. The van der Waals surface area contributed by atoms with Crippen molar-refractivity contribution in [2.45, 2.75) is 0 Å². The van der Waals surface area contributed by atoms with Gasteiger partial charge in [0.25, 0.3) is 11.6 Å². The van der Waals surface area contributed by atoms with Crippen molar-refractivity contribution in [3.63, 3.8) is 0 Å². The molecule has 0 radical (unpaired) electrons. The van der Waals surface area contributed by atoms with E-state index in [0.717, 1.165) is 11.3 Å². The second-order valence-electron chi connectivity index (χ2n) is 6.68. The number of methoxy groups -OCH3 is 1. The van der Waals surface area contributed by atoms with Gasteiger partial charge in [-0.1, -0.05) is 12.1 Å². The molecule has 0 atom stereocenters. The van der Waals surface area contributed by atoms with Gasteiger partial charge in [0.2, 0.25) is 0 Å². The molecule has 2 heterocycles. The smallest absolute Gasteiger partial charge is 0.297 e. The van der Waals surface area contributed by atoms with Crippen molar-refractivity contribution in [1.29, 1.82) is 0 Å². The fraction of sp³-hybridized carbons (Fsp3) is 0.0952. The van der Waals surface area contributed by atoms with Gasteiger partial charge in [-0.2, -0.15) is 0 Å². The summed E-state index contributed by atoms with van der Waals surface area (Å²) in [6, 6.07) is 11.8. The molecule has 1 aromatic heterocycles. The second kappa shape index (κ2) is 8.00. The molecule has 0 unspecified atom stereocenters. The van der Waals surface area contributed by atoms with Crippen LogP contribution in [0, 0.1) is 10.1 Å². The Bertz CT molecular complexity index is 1210. The van der Waals surface area contributed by atoms with Gasteiger partial charge in [0.1, 0.15) is 17.1 Å². The van der Waals surface area contributed by atoms with Crippen molar-refractivity contribution in [2.75, 3.05) is 19.1 Å². The number of hydrogen-bond acceptors (Lipinski definition) is 6. The number of benzene rings is 2. The molecule has 0 saturated carbocycles. The number of rotatable bonds is 5. The number of thiocarbonyl (C=S) groups is 1. The van der Waals surface area contributed by atoms with Gasteiger partial charge in [-0.25, -0.2) is 9.88 Å². The lowest BCUT2D eigenvalue weighted by Crippen LogP contribution is -2.31. The minimum Gasteiger partial charge on any atom is -0.496 e. The molecule has 9 nitrogen and oxygen atoms in total. The fourth-order valence-electron chi connectivity index (χ4n) is 3.25. The van der Waals surface area contributed by atoms with E-state index in [4.69, 9.17) is 17.0 Å². The highest BCUT2D eigenvalue weighted by Crippen LogP contribution is 2.36. The number of anilines is 1. The molecule has 0 aliphatic carbocycles. The van der Waals surface area contributed by atoms with Crippen LogP contribution in [0.3, 0.4) is 0 Å². The van der Waals surface area contributed by atoms with Crippen LogP contribution in [0.25, 0.3) is 11.8 Å². The van der Waals surface area contributed by atoms with Gasteiger partial charge in [0.15, 0.2) is 5.11 Å². The molecule has 31 heavy (non-hydrogen) atoms. The highest BCUT2D eigenvalue weighted by molar-refractivity contribution is 7.80. The number of nitro benzene ring substituents is 1. The molecule has 0 bridgehead atoms. The van der Waals surface area contributed by atoms with E-state index in [1.165, 1.54) is 29.0 Å². The van der Waals surface area contributed by atoms with Crippen LogP contribution in [0.5, 0.6) is 5.75 Å². The molecule has 0 spiro atoms. The van der Waals surface area contributed by atoms with Crippen LogP contribution in [0.4, 0.5) is 11.4 Å². The Kier molecular flexibility index (Phi) is 5.22. The molecule has 1 amide bonds. The van der Waals surface area contributed by atoms with Gasteiger partial charge in [-0.05, 0) is 48.1 Å². The lowest BCUT2D eigenvalue weighted by atomic mass is 10.1. The van der Waals surface area contributed by atoms with Crippen molar-refractivity contribution >= 4 is 40.7 Å². The Labute approximate surface area is 182 Å². The maximum atomic E-state index is 13.2. The fourth-order valence-corrected chi connectivity index (χ4v) is 3.53. The molecule has 0 N–H and O–H groups in total. The number of carbonyl (C=O) groups excluding carboxylic acids is 1. The summed E-state index contributed by atoms with van der Waals surface area (Å²) in [7, 11) is 3.07. The molecular weight excluding hydrogens is 418 g/mol. The van der Waals surface area contributed by atoms with Crippen molar-refractivity contribution in [1.82, 2.24) is 14.5 Å². The van der Waals surface area contributed by atoms with Gasteiger partial charge in [0, 0.05) is 25.1 Å². The normalized spacial score (nSPS) is 15.1. The van der Waals surface area contributed by atoms with Crippen LogP contribution < -0.4 is 9.64 Å². The Morgan fingerprint density at radius 2 is 1.94 bits per heavy atom. The molecule has 2 aromatic carbocycles.